The average molecular weight is 1900 g/mol. The summed E-state index contributed by atoms with van der Waals surface area (Å²) in [6.45, 7) is 0. The Hall–Kier alpha value is -19.1. The van der Waals surface area contributed by atoms with Crippen molar-refractivity contribution < 1.29 is 0 Å². The monoisotopic (exact) mass is 1890 g/mol. The summed E-state index contributed by atoms with van der Waals surface area (Å²) in [4.78, 5) is 45.7. The van der Waals surface area contributed by atoms with Gasteiger partial charge in [0, 0.05) is 50.1 Å². The molecule has 10 heteroatoms. The Morgan fingerprint density at radius 3 is 0.605 bits per heavy atom. The van der Waals surface area contributed by atoms with Crippen LogP contribution in [0.25, 0.3) is 158 Å². The first-order valence-electron chi connectivity index (χ1n) is 49.8. The molecule has 0 amide bonds. The van der Waals surface area contributed by atoms with Gasteiger partial charge in [0.1, 0.15) is 0 Å². The van der Waals surface area contributed by atoms with Gasteiger partial charge < -0.3 is 0 Å². The summed E-state index contributed by atoms with van der Waals surface area (Å²) >= 11 is 0. The highest BCUT2D eigenvalue weighted by molar-refractivity contribution is 7.20. The van der Waals surface area contributed by atoms with Gasteiger partial charge in [0.2, 0.25) is 0 Å². The van der Waals surface area contributed by atoms with Gasteiger partial charge in [-0.05, 0) is 133 Å². The van der Waals surface area contributed by atoms with Gasteiger partial charge in [0.25, 0.3) is 0 Å². The molecule has 0 fully saturated rings. The number of nitrogens with zero attached hydrogens (tertiary/aromatic N) is 9. The number of hydrogen-bond donors (Lipinski definition) is 0. The topological polar surface area (TPSA) is 116 Å². The fourth-order valence-electron chi connectivity index (χ4n) is 21.5. The molecular weight excluding hydrogens is 1800 g/mol. The number of rotatable bonds is 20. The minimum Gasteiger partial charge on any atom is -0.208 e. The van der Waals surface area contributed by atoms with E-state index < -0.39 is 18.9 Å². The molecule has 21 aromatic carbocycles. The van der Waals surface area contributed by atoms with Gasteiger partial charge in [-0.25, -0.2) is 44.9 Å². The SMILES string of the molecule is c1ccc(-c2ccc(-c3nc(-c4ccccc4)nc(-c4ccc5c(c4)C(c4ccccc4)(c4ccccc4)c4ccccc4-5)n3)cc2)cc1.c1ccc(-c2ccc(-c3nc(-c4ccccc4)nc(-c4cccc(C5(c6ccccc6)c6ccccc6-c6ccccc65)c4)n3)cc2)cc1.c1ccc(-c2ccc(-c3nc(-c4ccccc4)nc(-c4cccc([Si](c5ccccc5)(c5ccccc5)c5ccccc5)c4)n3)cc2)cc1. The van der Waals surface area contributed by atoms with Crippen LogP contribution in [0.15, 0.2) is 576 Å². The third-order valence-electron chi connectivity index (χ3n) is 28.4. The first-order chi connectivity index (χ1) is 72.9. The largest absolute Gasteiger partial charge is 0.208 e. The van der Waals surface area contributed by atoms with Crippen molar-refractivity contribution >= 4 is 28.8 Å². The first-order valence-corrected chi connectivity index (χ1v) is 51.8. The van der Waals surface area contributed by atoms with Crippen LogP contribution in [-0.4, -0.2) is 52.9 Å². The summed E-state index contributed by atoms with van der Waals surface area (Å²) < 4.78 is 0. The van der Waals surface area contributed by atoms with Crippen LogP contribution in [0, 0.1) is 0 Å². The minimum absolute atomic E-state index is 0.504. The molecule has 0 bridgehead atoms. The molecule has 0 saturated heterocycles. The van der Waals surface area contributed by atoms with Crippen molar-refractivity contribution in [1.29, 1.82) is 0 Å². The second-order valence-corrected chi connectivity index (χ2v) is 40.7. The Labute approximate surface area is 857 Å². The summed E-state index contributed by atoms with van der Waals surface area (Å²) in [6, 6.07) is 203. The zero-order valence-electron chi connectivity index (χ0n) is 80.4. The highest BCUT2D eigenvalue weighted by atomic mass is 28.3. The lowest BCUT2D eigenvalue weighted by Crippen LogP contribution is -2.74. The fourth-order valence-corrected chi connectivity index (χ4v) is 26.3. The molecule has 0 radical (unpaired) electrons. The van der Waals surface area contributed by atoms with E-state index in [4.69, 9.17) is 44.9 Å². The standard InChI is InChI=1S/2C46H31N3.C45H33N3Si/c1-5-15-32(16-6-1)33-25-27-35(28-26-33)44-47-43(34-17-7-2-8-18-34)48-45(49-44)36-29-30-40-39-23-13-14-24-41(39)46(42(40)31-36,37-19-9-3-10-20-37)38-21-11-4-12-22-38;1-4-15-32(16-5-1)33-27-29-35(30-28-33)44-47-43(34-17-6-2-7-18-34)48-45(49-44)36-19-14-22-38(31-36)46(37-20-8-3-9-21-37)41-25-12-10-23-39(41)40-24-11-13-26-42(40)46;1-6-17-34(18-7-1)35-29-31-37(32-30-35)44-46-43(36-19-8-2-9-20-36)47-45(48-44)38-21-16-28-42(33-38)49(39-22-10-3-11-23-39,40-24-12-4-13-25-40)41-26-14-5-15-27-41/h2*1-31H;1-33H. The van der Waals surface area contributed by atoms with Crippen LogP contribution in [0.2, 0.25) is 0 Å². The normalized spacial score (nSPS) is 12.2. The molecule has 147 heavy (non-hydrogen) atoms. The molecule has 0 saturated carbocycles. The molecule has 24 aromatic rings. The van der Waals surface area contributed by atoms with Gasteiger partial charge in [-0.15, -0.1) is 0 Å². The Morgan fingerprint density at radius 2 is 0.299 bits per heavy atom. The lowest BCUT2D eigenvalue weighted by molar-refractivity contribution is 0.768. The molecule has 0 N–H and O–H groups in total. The van der Waals surface area contributed by atoms with Gasteiger partial charge >= 0.3 is 0 Å². The summed E-state index contributed by atoms with van der Waals surface area (Å²) in [6.07, 6.45) is 0. The summed E-state index contributed by atoms with van der Waals surface area (Å²) in [5.41, 5.74) is 29.4. The number of aromatic nitrogens is 9. The van der Waals surface area contributed by atoms with Crippen LogP contribution in [0.1, 0.15) is 44.5 Å². The zero-order valence-corrected chi connectivity index (χ0v) is 81.4. The third-order valence-corrected chi connectivity index (χ3v) is 33.1. The highest BCUT2D eigenvalue weighted by Crippen LogP contribution is 2.59. The molecule has 3 heterocycles. The number of benzene rings is 21. The molecule has 2 aliphatic carbocycles. The van der Waals surface area contributed by atoms with Crippen molar-refractivity contribution in [2.45, 2.75) is 10.8 Å². The average Bonchev–Trinajstić information content (AvgIpc) is 1.55. The first kappa shape index (κ1) is 90.4. The second kappa shape index (κ2) is 40.5. The van der Waals surface area contributed by atoms with E-state index in [2.05, 4.69) is 504 Å². The summed E-state index contributed by atoms with van der Waals surface area (Å²) in [5.74, 6) is 5.80. The number of fused-ring (bicyclic) bond motifs is 6. The molecule has 0 atom stereocenters. The molecule has 26 rings (SSSR count). The smallest absolute Gasteiger partial charge is 0.179 e. The van der Waals surface area contributed by atoms with E-state index in [-0.39, 0.29) is 0 Å². The predicted octanol–water partition coefficient (Wildman–Crippen LogP) is 29.7. The van der Waals surface area contributed by atoms with E-state index in [1.807, 2.05) is 72.8 Å². The van der Waals surface area contributed by atoms with Crippen LogP contribution in [-0.2, 0) is 10.8 Å². The van der Waals surface area contributed by atoms with Crippen LogP contribution in [0.3, 0.4) is 0 Å². The Morgan fingerprint density at radius 1 is 0.116 bits per heavy atom. The van der Waals surface area contributed by atoms with Crippen molar-refractivity contribution in [3.05, 3.63) is 621 Å². The number of hydrogen-bond acceptors (Lipinski definition) is 9. The maximum absolute atomic E-state index is 5.15. The van der Waals surface area contributed by atoms with Gasteiger partial charge in [0.15, 0.2) is 60.5 Å². The van der Waals surface area contributed by atoms with Crippen LogP contribution >= 0.6 is 0 Å². The zero-order chi connectivity index (χ0) is 98.1. The van der Waals surface area contributed by atoms with E-state index in [1.165, 1.54) is 104 Å². The molecule has 2 aliphatic rings. The van der Waals surface area contributed by atoms with E-state index >= 15 is 0 Å². The molecule has 692 valence electrons. The molecule has 0 aliphatic heterocycles. The van der Waals surface area contributed by atoms with E-state index in [0.717, 1.165) is 66.8 Å². The quantitative estimate of drug-likeness (QED) is 0.0543. The molecular formula is C137H95N9Si. The van der Waals surface area contributed by atoms with Gasteiger partial charge in [0.05, 0.1) is 10.8 Å². The van der Waals surface area contributed by atoms with E-state index in [9.17, 15) is 0 Å². The van der Waals surface area contributed by atoms with Gasteiger partial charge in [-0.1, -0.05) is 564 Å². The Kier molecular flexibility index (Phi) is 24.9. The highest BCUT2D eigenvalue weighted by Gasteiger charge is 2.49. The van der Waals surface area contributed by atoms with Crippen LogP contribution < -0.4 is 20.7 Å². The van der Waals surface area contributed by atoms with Crippen LogP contribution in [0.5, 0.6) is 0 Å². The summed E-state index contributed by atoms with van der Waals surface area (Å²) in [7, 11) is -2.73. The van der Waals surface area contributed by atoms with Crippen molar-refractivity contribution in [2.24, 2.45) is 0 Å². The predicted molar refractivity (Wildman–Crippen MR) is 603 cm³/mol. The molecule has 0 unspecified atom stereocenters. The van der Waals surface area contributed by atoms with E-state index in [1.54, 1.807) is 0 Å². The lowest BCUT2D eigenvalue weighted by Gasteiger charge is -2.34. The second-order valence-electron chi connectivity index (χ2n) is 36.9. The summed E-state index contributed by atoms with van der Waals surface area (Å²) in [5, 5.41) is 5.24. The lowest BCUT2D eigenvalue weighted by atomic mass is 9.67. The minimum atomic E-state index is -2.73. The Balaban J connectivity index is 0.000000118. The maximum atomic E-state index is 5.15. The maximum Gasteiger partial charge on any atom is 0.179 e. The van der Waals surface area contributed by atoms with Gasteiger partial charge in [-0.3, -0.25) is 0 Å². The third kappa shape index (κ3) is 17.4. The van der Waals surface area contributed by atoms with Gasteiger partial charge in [-0.2, -0.15) is 0 Å². The fraction of sp³-hybridized carbons (Fsp3) is 0.0146. The van der Waals surface area contributed by atoms with Crippen molar-refractivity contribution in [1.82, 2.24) is 44.9 Å². The van der Waals surface area contributed by atoms with Crippen molar-refractivity contribution in [2.75, 3.05) is 0 Å². The van der Waals surface area contributed by atoms with E-state index in [0.29, 0.717) is 52.4 Å². The molecule has 0 spiro atoms. The molecule has 9 nitrogen and oxygen atoms in total. The van der Waals surface area contributed by atoms with Crippen molar-refractivity contribution in [3.63, 3.8) is 0 Å². The molecule has 3 aromatic heterocycles. The Bertz CT molecular complexity index is 8180. The van der Waals surface area contributed by atoms with Crippen molar-refractivity contribution in [3.8, 4) is 158 Å². The van der Waals surface area contributed by atoms with Crippen LogP contribution in [0.4, 0.5) is 0 Å².